The van der Waals surface area contributed by atoms with Crippen molar-refractivity contribution in [2.24, 2.45) is 5.92 Å². The molecule has 30 heavy (non-hydrogen) atoms. The molecule has 3 saturated heterocycles. The summed E-state index contributed by atoms with van der Waals surface area (Å²) in [6.07, 6.45) is 0.526. The van der Waals surface area contributed by atoms with Crippen molar-refractivity contribution in [2.75, 3.05) is 19.8 Å². The second kappa shape index (κ2) is 8.37. The summed E-state index contributed by atoms with van der Waals surface area (Å²) in [6.45, 7) is 3.85. The van der Waals surface area contributed by atoms with E-state index in [-0.39, 0.29) is 28.7 Å². The summed E-state index contributed by atoms with van der Waals surface area (Å²) in [5.74, 6) is 0.596. The molecular formula is C20H28F3N3O3S. The van der Waals surface area contributed by atoms with E-state index in [1.54, 1.807) is 0 Å². The van der Waals surface area contributed by atoms with Crippen LogP contribution in [0.15, 0.2) is 17.0 Å². The highest BCUT2D eigenvalue weighted by Gasteiger charge is 2.47. The first kappa shape index (κ1) is 22.0. The molecule has 10 heteroatoms. The highest BCUT2D eigenvalue weighted by atomic mass is 32.2. The van der Waals surface area contributed by atoms with Gasteiger partial charge in [-0.25, -0.2) is 13.4 Å². The number of nitrogens with one attached hydrogen (secondary N) is 1. The van der Waals surface area contributed by atoms with Crippen LogP contribution in [0.2, 0.25) is 0 Å². The number of sulfonamides is 1. The lowest BCUT2D eigenvalue weighted by molar-refractivity contribution is -0.141. The van der Waals surface area contributed by atoms with E-state index in [0.29, 0.717) is 5.92 Å². The molecular weight excluding hydrogens is 419 g/mol. The van der Waals surface area contributed by atoms with Crippen LogP contribution in [0.4, 0.5) is 13.2 Å². The van der Waals surface area contributed by atoms with Gasteiger partial charge in [-0.05, 0) is 70.0 Å². The predicted molar refractivity (Wildman–Crippen MR) is 104 cm³/mol. The third-order valence-electron chi connectivity index (χ3n) is 6.59. The maximum atomic E-state index is 13.3. The molecule has 4 heterocycles. The Morgan fingerprint density at radius 1 is 1.13 bits per heavy atom. The molecule has 3 aliphatic rings. The van der Waals surface area contributed by atoms with E-state index >= 15 is 0 Å². The van der Waals surface area contributed by atoms with Crippen LogP contribution in [0, 0.1) is 12.8 Å². The highest BCUT2D eigenvalue weighted by molar-refractivity contribution is 7.89. The van der Waals surface area contributed by atoms with Gasteiger partial charge in [0, 0.05) is 31.3 Å². The molecule has 3 aliphatic heterocycles. The zero-order valence-electron chi connectivity index (χ0n) is 17.0. The molecule has 2 bridgehead atoms. The Balaban J connectivity index is 1.46. The standard InChI is InChI=1S/C20H28F3N3O3S/c1-13-18(4-5-19(25-13)20(21,22)23)30(27,28)26-16-2-3-17(26)11-15(10-16)24-12-14-6-8-29-9-7-14/h4-5,14-17,24H,2-3,6-12H2,1H3/t15?,16-,17?/m0/s1. The van der Waals surface area contributed by atoms with Crippen LogP contribution in [0.25, 0.3) is 0 Å². The molecule has 4 rings (SSSR count). The van der Waals surface area contributed by atoms with E-state index in [2.05, 4.69) is 10.3 Å². The number of ether oxygens (including phenoxy) is 1. The number of hydrogen-bond donors (Lipinski definition) is 1. The molecule has 0 amide bonds. The third-order valence-corrected chi connectivity index (χ3v) is 8.72. The molecule has 1 N–H and O–H groups in total. The first-order chi connectivity index (χ1) is 14.2. The SMILES string of the molecule is Cc1nc(C(F)(F)F)ccc1S(=O)(=O)N1C2CC[C@H]1CC(NCC1CCOCC1)C2. The number of rotatable bonds is 5. The van der Waals surface area contributed by atoms with E-state index in [0.717, 1.165) is 70.4 Å². The third kappa shape index (κ3) is 4.37. The van der Waals surface area contributed by atoms with Crippen LogP contribution < -0.4 is 5.32 Å². The fraction of sp³-hybridized carbons (Fsp3) is 0.750. The number of fused-ring (bicyclic) bond motifs is 2. The monoisotopic (exact) mass is 447 g/mol. The van der Waals surface area contributed by atoms with Crippen LogP contribution in [0.5, 0.6) is 0 Å². The molecule has 2 unspecified atom stereocenters. The molecule has 3 fully saturated rings. The summed E-state index contributed by atoms with van der Waals surface area (Å²) >= 11 is 0. The molecule has 168 valence electrons. The van der Waals surface area contributed by atoms with Crippen LogP contribution in [0.3, 0.4) is 0 Å². The van der Waals surface area contributed by atoms with Gasteiger partial charge in [-0.2, -0.15) is 17.5 Å². The van der Waals surface area contributed by atoms with Crippen molar-refractivity contribution >= 4 is 10.0 Å². The van der Waals surface area contributed by atoms with Gasteiger partial charge >= 0.3 is 6.18 Å². The van der Waals surface area contributed by atoms with Crippen molar-refractivity contribution in [3.8, 4) is 0 Å². The number of aromatic nitrogens is 1. The minimum Gasteiger partial charge on any atom is -0.381 e. The molecule has 3 atom stereocenters. The summed E-state index contributed by atoms with van der Waals surface area (Å²) in [4.78, 5) is 3.39. The zero-order valence-corrected chi connectivity index (χ0v) is 17.8. The maximum Gasteiger partial charge on any atom is 0.433 e. The minimum atomic E-state index is -4.60. The van der Waals surface area contributed by atoms with Crippen molar-refractivity contribution in [3.63, 3.8) is 0 Å². The topological polar surface area (TPSA) is 71.5 Å². The Morgan fingerprint density at radius 3 is 2.33 bits per heavy atom. The van der Waals surface area contributed by atoms with Gasteiger partial charge in [0.15, 0.2) is 0 Å². The van der Waals surface area contributed by atoms with E-state index in [1.807, 2.05) is 0 Å². The van der Waals surface area contributed by atoms with Gasteiger partial charge in [-0.3, -0.25) is 0 Å². The van der Waals surface area contributed by atoms with Gasteiger partial charge in [0.05, 0.1) is 5.69 Å². The molecule has 6 nitrogen and oxygen atoms in total. The van der Waals surface area contributed by atoms with Crippen molar-refractivity contribution in [2.45, 2.75) is 74.6 Å². The Bertz CT molecular complexity index is 858. The first-order valence-electron chi connectivity index (χ1n) is 10.6. The second-order valence-corrected chi connectivity index (χ2v) is 10.4. The molecule has 0 aliphatic carbocycles. The fourth-order valence-corrected chi connectivity index (χ4v) is 7.12. The van der Waals surface area contributed by atoms with Gasteiger partial charge < -0.3 is 10.1 Å². The first-order valence-corrected chi connectivity index (χ1v) is 12.0. The van der Waals surface area contributed by atoms with Crippen molar-refractivity contribution in [3.05, 3.63) is 23.5 Å². The number of hydrogen-bond acceptors (Lipinski definition) is 5. The smallest absolute Gasteiger partial charge is 0.381 e. The van der Waals surface area contributed by atoms with Crippen LogP contribution in [-0.2, 0) is 20.9 Å². The van der Waals surface area contributed by atoms with Crippen LogP contribution >= 0.6 is 0 Å². The lowest BCUT2D eigenvalue weighted by Crippen LogP contribution is -2.52. The van der Waals surface area contributed by atoms with E-state index in [4.69, 9.17) is 4.74 Å². The fourth-order valence-electron chi connectivity index (χ4n) is 5.07. The molecule has 1 aromatic rings. The van der Waals surface area contributed by atoms with E-state index < -0.39 is 21.9 Å². The number of aryl methyl sites for hydroxylation is 1. The highest BCUT2D eigenvalue weighted by Crippen LogP contribution is 2.40. The van der Waals surface area contributed by atoms with Crippen molar-refractivity contribution < 1.29 is 26.3 Å². The number of piperidine rings is 1. The predicted octanol–water partition coefficient (Wildman–Crippen LogP) is 3.11. The zero-order chi connectivity index (χ0) is 21.5. The van der Waals surface area contributed by atoms with Gasteiger partial charge in [-0.15, -0.1) is 0 Å². The van der Waals surface area contributed by atoms with E-state index in [1.165, 1.54) is 11.2 Å². The lowest BCUT2D eigenvalue weighted by Gasteiger charge is -2.39. The molecule has 0 saturated carbocycles. The quantitative estimate of drug-likeness (QED) is 0.751. The lowest BCUT2D eigenvalue weighted by atomic mass is 9.96. The Hall–Kier alpha value is -1.23. The Labute approximate surface area is 175 Å². The van der Waals surface area contributed by atoms with Crippen LogP contribution in [0.1, 0.15) is 49.9 Å². The van der Waals surface area contributed by atoms with Gasteiger partial charge in [0.1, 0.15) is 10.6 Å². The maximum absolute atomic E-state index is 13.3. The number of alkyl halides is 3. The number of pyridine rings is 1. The Kier molecular flexibility index (Phi) is 6.13. The summed E-state index contributed by atoms with van der Waals surface area (Å²) in [6, 6.07) is 1.83. The van der Waals surface area contributed by atoms with E-state index in [9.17, 15) is 21.6 Å². The summed E-state index contributed by atoms with van der Waals surface area (Å²) in [5.41, 5.74) is -1.18. The van der Waals surface area contributed by atoms with Crippen LogP contribution in [-0.4, -0.2) is 55.6 Å². The second-order valence-electron chi connectivity index (χ2n) is 8.63. The molecule has 0 aromatic carbocycles. The Morgan fingerprint density at radius 2 is 1.77 bits per heavy atom. The molecule has 1 aromatic heterocycles. The molecule has 0 spiro atoms. The van der Waals surface area contributed by atoms with Crippen molar-refractivity contribution in [1.82, 2.24) is 14.6 Å². The van der Waals surface area contributed by atoms with Crippen molar-refractivity contribution in [1.29, 1.82) is 0 Å². The minimum absolute atomic E-state index is 0.107. The summed E-state index contributed by atoms with van der Waals surface area (Å²) in [5, 5.41) is 3.62. The average Bonchev–Trinajstić information content (AvgIpc) is 2.98. The summed E-state index contributed by atoms with van der Waals surface area (Å²) < 4.78 is 72.3. The molecule has 0 radical (unpaired) electrons. The van der Waals surface area contributed by atoms with Gasteiger partial charge in [0.25, 0.3) is 0 Å². The average molecular weight is 448 g/mol. The summed E-state index contributed by atoms with van der Waals surface area (Å²) in [7, 11) is -3.89. The number of halogens is 3. The number of nitrogens with zero attached hydrogens (tertiary/aromatic N) is 2. The normalized spacial score (nSPS) is 28.7. The van der Waals surface area contributed by atoms with Gasteiger partial charge in [0.2, 0.25) is 10.0 Å². The van der Waals surface area contributed by atoms with Gasteiger partial charge in [-0.1, -0.05) is 0 Å². The largest absolute Gasteiger partial charge is 0.433 e.